The molecule has 1 aliphatic carbocycles. The maximum atomic E-state index is 12.5. The van der Waals surface area contributed by atoms with E-state index in [9.17, 15) is 9.90 Å². The fourth-order valence-corrected chi connectivity index (χ4v) is 4.09. The molecule has 0 spiro atoms. The van der Waals surface area contributed by atoms with Crippen molar-refractivity contribution in [2.45, 2.75) is 50.5 Å². The zero-order valence-electron chi connectivity index (χ0n) is 11.7. The summed E-state index contributed by atoms with van der Waals surface area (Å²) in [4.78, 5) is 14.6. The summed E-state index contributed by atoms with van der Waals surface area (Å²) in [5.74, 6) is 0.804. The number of aliphatic hydroxyl groups is 1. The molecule has 1 saturated carbocycles. The number of amides is 1. The van der Waals surface area contributed by atoms with Crippen molar-refractivity contribution in [2.24, 2.45) is 11.8 Å². The number of hydrogen-bond donors (Lipinski definition) is 2. The molecule has 3 fully saturated rings. The molecule has 1 amide bonds. The van der Waals surface area contributed by atoms with Crippen LogP contribution in [0.5, 0.6) is 0 Å². The van der Waals surface area contributed by atoms with Crippen LogP contribution in [-0.4, -0.2) is 47.7 Å². The Kier molecular flexibility index (Phi) is 3.81. The van der Waals surface area contributed by atoms with E-state index >= 15 is 0 Å². The van der Waals surface area contributed by atoms with Crippen molar-refractivity contribution in [2.75, 3.05) is 26.2 Å². The maximum Gasteiger partial charge on any atom is 0.226 e. The van der Waals surface area contributed by atoms with Crippen molar-refractivity contribution in [1.82, 2.24) is 10.2 Å². The van der Waals surface area contributed by atoms with Crippen molar-refractivity contribution >= 4 is 5.91 Å². The highest BCUT2D eigenvalue weighted by Crippen LogP contribution is 2.40. The van der Waals surface area contributed by atoms with Crippen LogP contribution < -0.4 is 5.32 Å². The first kappa shape index (κ1) is 13.4. The number of carbonyl (C=O) groups excluding carboxylic acids is 1. The molecular weight excluding hydrogens is 240 g/mol. The maximum absolute atomic E-state index is 12.5. The van der Waals surface area contributed by atoms with Crippen LogP contribution >= 0.6 is 0 Å². The zero-order chi connectivity index (χ0) is 13.3. The summed E-state index contributed by atoms with van der Waals surface area (Å²) in [7, 11) is 0. The molecule has 0 aromatic heterocycles. The molecule has 0 bridgehead atoms. The number of piperidine rings is 2. The minimum atomic E-state index is -0.472. The quantitative estimate of drug-likeness (QED) is 0.748. The van der Waals surface area contributed by atoms with Crippen LogP contribution in [0.1, 0.15) is 44.9 Å². The average molecular weight is 266 g/mol. The summed E-state index contributed by atoms with van der Waals surface area (Å²) >= 11 is 0. The van der Waals surface area contributed by atoms with Gasteiger partial charge in [0, 0.05) is 25.6 Å². The largest absolute Gasteiger partial charge is 0.389 e. The van der Waals surface area contributed by atoms with Gasteiger partial charge in [-0.25, -0.2) is 0 Å². The predicted octanol–water partition coefficient (Wildman–Crippen LogP) is 1.14. The third-order valence-corrected chi connectivity index (χ3v) is 5.39. The fraction of sp³-hybridized carbons (Fsp3) is 0.933. The second-order valence-electron chi connectivity index (χ2n) is 6.62. The molecule has 2 N–H and O–H groups in total. The van der Waals surface area contributed by atoms with Crippen molar-refractivity contribution in [3.8, 4) is 0 Å². The van der Waals surface area contributed by atoms with E-state index in [0.717, 1.165) is 64.7 Å². The second-order valence-corrected chi connectivity index (χ2v) is 6.62. The van der Waals surface area contributed by atoms with Gasteiger partial charge in [-0.1, -0.05) is 12.8 Å². The van der Waals surface area contributed by atoms with Crippen molar-refractivity contribution < 1.29 is 9.90 Å². The lowest BCUT2D eigenvalue weighted by atomic mass is 9.71. The van der Waals surface area contributed by atoms with Crippen molar-refractivity contribution in [3.05, 3.63) is 0 Å². The van der Waals surface area contributed by atoms with E-state index in [4.69, 9.17) is 0 Å². The third-order valence-electron chi connectivity index (χ3n) is 5.39. The molecule has 2 aliphatic heterocycles. The Balaban J connectivity index is 1.62. The van der Waals surface area contributed by atoms with Gasteiger partial charge in [-0.15, -0.1) is 0 Å². The highest BCUT2D eigenvalue weighted by molar-refractivity contribution is 5.79. The Labute approximate surface area is 115 Å². The molecule has 3 atom stereocenters. The molecule has 2 heterocycles. The summed E-state index contributed by atoms with van der Waals surface area (Å²) in [5, 5.41) is 14.0. The van der Waals surface area contributed by atoms with Crippen molar-refractivity contribution in [1.29, 1.82) is 0 Å². The molecule has 0 aromatic rings. The Morgan fingerprint density at radius 1 is 1.21 bits per heavy atom. The molecule has 3 aliphatic rings. The molecule has 0 aromatic carbocycles. The van der Waals surface area contributed by atoms with Gasteiger partial charge in [0.05, 0.1) is 11.5 Å². The highest BCUT2D eigenvalue weighted by Gasteiger charge is 2.44. The van der Waals surface area contributed by atoms with Gasteiger partial charge in [-0.2, -0.15) is 0 Å². The van der Waals surface area contributed by atoms with E-state index in [1.807, 2.05) is 4.90 Å². The van der Waals surface area contributed by atoms with E-state index < -0.39 is 5.60 Å². The summed E-state index contributed by atoms with van der Waals surface area (Å²) < 4.78 is 0. The van der Waals surface area contributed by atoms with Gasteiger partial charge in [0.25, 0.3) is 0 Å². The molecule has 19 heavy (non-hydrogen) atoms. The van der Waals surface area contributed by atoms with E-state index in [-0.39, 0.29) is 5.92 Å². The number of hydrogen-bond acceptors (Lipinski definition) is 3. The molecule has 4 nitrogen and oxygen atoms in total. The zero-order valence-corrected chi connectivity index (χ0v) is 11.7. The van der Waals surface area contributed by atoms with E-state index in [2.05, 4.69) is 5.32 Å². The Hall–Kier alpha value is -0.610. The number of carbonyl (C=O) groups is 1. The average Bonchev–Trinajstić information content (AvgIpc) is 2.46. The monoisotopic (exact) mass is 266 g/mol. The molecule has 3 rings (SSSR count). The minimum Gasteiger partial charge on any atom is -0.389 e. The SMILES string of the molecule is O=C(C1CCCNC1)N1CCC2(O)CCCCC2C1. The predicted molar refractivity (Wildman–Crippen MR) is 73.7 cm³/mol. The van der Waals surface area contributed by atoms with E-state index in [1.165, 1.54) is 6.42 Å². The first-order valence-electron chi connectivity index (χ1n) is 7.91. The molecule has 3 unspecified atom stereocenters. The number of fused-ring (bicyclic) bond motifs is 1. The van der Waals surface area contributed by atoms with Crippen LogP contribution in [-0.2, 0) is 4.79 Å². The number of rotatable bonds is 1. The van der Waals surface area contributed by atoms with Gasteiger partial charge >= 0.3 is 0 Å². The highest BCUT2D eigenvalue weighted by atomic mass is 16.3. The van der Waals surface area contributed by atoms with Gasteiger partial charge in [0.15, 0.2) is 0 Å². The van der Waals surface area contributed by atoms with Crippen LogP contribution in [0.2, 0.25) is 0 Å². The van der Waals surface area contributed by atoms with Gasteiger partial charge in [0.2, 0.25) is 5.91 Å². The Morgan fingerprint density at radius 3 is 2.89 bits per heavy atom. The van der Waals surface area contributed by atoms with Crippen LogP contribution in [0.4, 0.5) is 0 Å². The molecular formula is C15H26N2O2. The molecule has 4 heteroatoms. The van der Waals surface area contributed by atoms with Crippen LogP contribution in [0.3, 0.4) is 0 Å². The Bertz CT molecular complexity index is 341. The number of likely N-dealkylation sites (tertiary alicyclic amines) is 1. The topological polar surface area (TPSA) is 52.6 Å². The summed E-state index contributed by atoms with van der Waals surface area (Å²) in [6.07, 6.45) is 7.29. The van der Waals surface area contributed by atoms with E-state index in [1.54, 1.807) is 0 Å². The number of nitrogens with one attached hydrogen (secondary N) is 1. The first-order valence-corrected chi connectivity index (χ1v) is 7.91. The first-order chi connectivity index (χ1) is 9.19. The summed E-state index contributed by atoms with van der Waals surface area (Å²) in [6.45, 7) is 3.42. The summed E-state index contributed by atoms with van der Waals surface area (Å²) in [5.41, 5.74) is -0.472. The van der Waals surface area contributed by atoms with Crippen LogP contribution in [0.25, 0.3) is 0 Å². The molecule has 0 radical (unpaired) electrons. The lowest BCUT2D eigenvalue weighted by Crippen LogP contribution is -2.56. The van der Waals surface area contributed by atoms with Gasteiger partial charge in [-0.05, 0) is 38.6 Å². The van der Waals surface area contributed by atoms with Crippen molar-refractivity contribution in [3.63, 3.8) is 0 Å². The lowest BCUT2D eigenvalue weighted by molar-refractivity contribution is -0.147. The third kappa shape index (κ3) is 2.65. The van der Waals surface area contributed by atoms with Crippen LogP contribution in [0, 0.1) is 11.8 Å². The summed E-state index contributed by atoms with van der Waals surface area (Å²) in [6, 6.07) is 0. The van der Waals surface area contributed by atoms with Gasteiger partial charge in [-0.3, -0.25) is 4.79 Å². The standard InChI is InChI=1S/C15H26N2O2/c18-14(12-4-3-8-16-10-12)17-9-7-15(19)6-2-1-5-13(15)11-17/h12-13,16,19H,1-11H2. The normalized spacial score (nSPS) is 39.7. The van der Waals surface area contributed by atoms with Crippen LogP contribution in [0.15, 0.2) is 0 Å². The lowest BCUT2D eigenvalue weighted by Gasteiger charge is -2.48. The van der Waals surface area contributed by atoms with Gasteiger partial charge in [0.1, 0.15) is 0 Å². The minimum absolute atomic E-state index is 0.170. The number of nitrogens with zero attached hydrogens (tertiary/aromatic N) is 1. The fourth-order valence-electron chi connectivity index (χ4n) is 4.09. The van der Waals surface area contributed by atoms with Gasteiger partial charge < -0.3 is 15.3 Å². The molecule has 108 valence electrons. The molecule has 2 saturated heterocycles. The van der Waals surface area contributed by atoms with E-state index in [0.29, 0.717) is 11.8 Å². The second kappa shape index (κ2) is 5.41. The smallest absolute Gasteiger partial charge is 0.226 e. The Morgan fingerprint density at radius 2 is 2.11 bits per heavy atom.